The minimum absolute atomic E-state index is 0.0268. The van der Waals surface area contributed by atoms with Crippen molar-refractivity contribution in [3.63, 3.8) is 0 Å². The van der Waals surface area contributed by atoms with Crippen molar-refractivity contribution in [1.82, 2.24) is 5.32 Å². The van der Waals surface area contributed by atoms with E-state index >= 15 is 0 Å². The van der Waals surface area contributed by atoms with Crippen LogP contribution in [-0.2, 0) is 9.59 Å². The van der Waals surface area contributed by atoms with Crippen molar-refractivity contribution in [2.24, 2.45) is 23.2 Å². The van der Waals surface area contributed by atoms with Crippen molar-refractivity contribution in [3.05, 3.63) is 0 Å². The van der Waals surface area contributed by atoms with Crippen LogP contribution in [0.3, 0.4) is 0 Å². The Balaban J connectivity index is 1.97. The topological polar surface area (TPSA) is 66.4 Å². The van der Waals surface area contributed by atoms with Gasteiger partial charge in [0.15, 0.2) is 0 Å². The fourth-order valence-corrected chi connectivity index (χ4v) is 4.17. The summed E-state index contributed by atoms with van der Waals surface area (Å²) in [7, 11) is 0. The highest BCUT2D eigenvalue weighted by Crippen LogP contribution is 2.39. The molecule has 21 heavy (non-hydrogen) atoms. The zero-order chi connectivity index (χ0) is 15.6. The average molecular weight is 295 g/mol. The van der Waals surface area contributed by atoms with Gasteiger partial charge in [0, 0.05) is 6.04 Å². The summed E-state index contributed by atoms with van der Waals surface area (Å²) in [6.07, 6.45) is 6.72. The first-order valence-corrected chi connectivity index (χ1v) is 8.35. The Morgan fingerprint density at radius 3 is 2.48 bits per heavy atom. The molecule has 4 nitrogen and oxygen atoms in total. The largest absolute Gasteiger partial charge is 0.481 e. The van der Waals surface area contributed by atoms with E-state index in [9.17, 15) is 14.7 Å². The number of carbonyl (C=O) groups excluding carboxylic acids is 1. The summed E-state index contributed by atoms with van der Waals surface area (Å²) < 4.78 is 0. The van der Waals surface area contributed by atoms with Crippen molar-refractivity contribution in [3.8, 4) is 0 Å². The highest BCUT2D eigenvalue weighted by atomic mass is 16.4. The molecule has 0 spiro atoms. The van der Waals surface area contributed by atoms with Crippen LogP contribution in [0.25, 0.3) is 0 Å². The molecule has 0 aromatic rings. The summed E-state index contributed by atoms with van der Waals surface area (Å²) in [5, 5.41) is 12.5. The van der Waals surface area contributed by atoms with Crippen LogP contribution in [0.15, 0.2) is 0 Å². The van der Waals surface area contributed by atoms with E-state index < -0.39 is 11.9 Å². The molecule has 2 N–H and O–H groups in total. The van der Waals surface area contributed by atoms with Gasteiger partial charge in [-0.1, -0.05) is 33.6 Å². The standard InChI is InChI=1S/C17H29NO3/c1-4-11-8-13(14(9-11)16(20)21)15(19)18-12-6-5-7-17(2,3)10-12/h11-14H,4-10H2,1-3H3,(H,18,19)(H,20,21). The lowest BCUT2D eigenvalue weighted by molar-refractivity contribution is -0.146. The van der Waals surface area contributed by atoms with Crippen molar-refractivity contribution in [1.29, 1.82) is 0 Å². The van der Waals surface area contributed by atoms with E-state index in [0.29, 0.717) is 12.3 Å². The van der Waals surface area contributed by atoms with Gasteiger partial charge in [0.25, 0.3) is 0 Å². The molecular weight excluding hydrogens is 266 g/mol. The third-order valence-corrected chi connectivity index (χ3v) is 5.44. The Bertz CT molecular complexity index is 405. The molecule has 0 saturated heterocycles. The summed E-state index contributed by atoms with van der Waals surface area (Å²) in [4.78, 5) is 23.9. The van der Waals surface area contributed by atoms with E-state index in [1.165, 1.54) is 6.42 Å². The lowest BCUT2D eigenvalue weighted by atomic mass is 9.75. The number of aliphatic carboxylic acids is 1. The average Bonchev–Trinajstić information content (AvgIpc) is 2.81. The van der Waals surface area contributed by atoms with Crippen LogP contribution in [0.1, 0.15) is 65.7 Å². The first kappa shape index (κ1) is 16.3. The minimum Gasteiger partial charge on any atom is -0.481 e. The molecule has 2 saturated carbocycles. The van der Waals surface area contributed by atoms with Gasteiger partial charge in [0.05, 0.1) is 11.8 Å². The SMILES string of the molecule is CCC1CC(C(=O)O)C(C(=O)NC2CCCC(C)(C)C2)C1. The minimum atomic E-state index is -0.810. The number of hydrogen-bond donors (Lipinski definition) is 2. The van der Waals surface area contributed by atoms with Gasteiger partial charge in [0.2, 0.25) is 5.91 Å². The van der Waals surface area contributed by atoms with Crippen molar-refractivity contribution >= 4 is 11.9 Å². The van der Waals surface area contributed by atoms with Crippen LogP contribution in [0.4, 0.5) is 0 Å². The van der Waals surface area contributed by atoms with Crippen LogP contribution in [0.2, 0.25) is 0 Å². The van der Waals surface area contributed by atoms with Crippen LogP contribution >= 0.6 is 0 Å². The molecule has 1 amide bonds. The molecule has 0 radical (unpaired) electrons. The van der Waals surface area contributed by atoms with Gasteiger partial charge in [-0.3, -0.25) is 9.59 Å². The van der Waals surface area contributed by atoms with Gasteiger partial charge in [-0.25, -0.2) is 0 Å². The maximum atomic E-state index is 12.5. The summed E-state index contributed by atoms with van der Waals surface area (Å²) >= 11 is 0. The molecular formula is C17H29NO3. The molecule has 120 valence electrons. The highest BCUT2D eigenvalue weighted by molar-refractivity contribution is 5.85. The predicted molar refractivity (Wildman–Crippen MR) is 81.8 cm³/mol. The normalized spacial score (nSPS) is 35.4. The molecule has 4 unspecified atom stereocenters. The molecule has 2 aliphatic carbocycles. The lowest BCUT2D eigenvalue weighted by Gasteiger charge is -2.36. The van der Waals surface area contributed by atoms with E-state index in [2.05, 4.69) is 26.1 Å². The number of amides is 1. The molecule has 2 rings (SSSR count). The maximum absolute atomic E-state index is 12.5. The third-order valence-electron chi connectivity index (χ3n) is 5.44. The van der Waals surface area contributed by atoms with Crippen LogP contribution in [0, 0.1) is 23.2 Å². The molecule has 0 heterocycles. The van der Waals surface area contributed by atoms with E-state index in [0.717, 1.165) is 32.1 Å². The van der Waals surface area contributed by atoms with Crippen LogP contribution < -0.4 is 5.32 Å². The number of nitrogens with one attached hydrogen (secondary N) is 1. The van der Waals surface area contributed by atoms with Gasteiger partial charge in [-0.05, 0) is 43.4 Å². The number of hydrogen-bond acceptors (Lipinski definition) is 2. The maximum Gasteiger partial charge on any atom is 0.307 e. The number of carboxylic acid groups (broad SMARTS) is 1. The first-order chi connectivity index (χ1) is 9.82. The molecule has 2 aliphatic rings. The molecule has 4 atom stereocenters. The number of rotatable bonds is 4. The quantitative estimate of drug-likeness (QED) is 0.837. The fraction of sp³-hybridized carbons (Fsp3) is 0.882. The van der Waals surface area contributed by atoms with Crippen LogP contribution in [0.5, 0.6) is 0 Å². The molecule has 0 aromatic carbocycles. The lowest BCUT2D eigenvalue weighted by Crippen LogP contribution is -2.44. The second-order valence-electron chi connectivity index (χ2n) is 7.76. The molecule has 4 heteroatoms. The van der Waals surface area contributed by atoms with Crippen LogP contribution in [-0.4, -0.2) is 23.0 Å². The zero-order valence-corrected chi connectivity index (χ0v) is 13.5. The van der Waals surface area contributed by atoms with E-state index in [1.54, 1.807) is 0 Å². The van der Waals surface area contributed by atoms with Gasteiger partial charge in [-0.15, -0.1) is 0 Å². The molecule has 0 bridgehead atoms. The van der Waals surface area contributed by atoms with Gasteiger partial charge >= 0.3 is 5.97 Å². The third kappa shape index (κ3) is 3.98. The Morgan fingerprint density at radius 1 is 1.24 bits per heavy atom. The Hall–Kier alpha value is -1.06. The Labute approximate surface area is 127 Å². The fourth-order valence-electron chi connectivity index (χ4n) is 4.17. The second-order valence-corrected chi connectivity index (χ2v) is 7.76. The first-order valence-electron chi connectivity index (χ1n) is 8.35. The van der Waals surface area contributed by atoms with Gasteiger partial charge in [-0.2, -0.15) is 0 Å². The van der Waals surface area contributed by atoms with Gasteiger partial charge in [0.1, 0.15) is 0 Å². The zero-order valence-electron chi connectivity index (χ0n) is 13.5. The smallest absolute Gasteiger partial charge is 0.307 e. The highest BCUT2D eigenvalue weighted by Gasteiger charge is 2.43. The van der Waals surface area contributed by atoms with E-state index in [1.807, 2.05) is 0 Å². The Morgan fingerprint density at radius 2 is 1.90 bits per heavy atom. The second kappa shape index (κ2) is 6.37. The molecule has 0 aromatic heterocycles. The van der Waals surface area contributed by atoms with Crippen molar-refractivity contribution in [2.75, 3.05) is 0 Å². The molecule has 2 fully saturated rings. The summed E-state index contributed by atoms with van der Waals surface area (Å²) in [6, 6.07) is 0.219. The summed E-state index contributed by atoms with van der Waals surface area (Å²) in [6.45, 7) is 6.57. The summed E-state index contributed by atoms with van der Waals surface area (Å²) in [5.74, 6) is -1.29. The van der Waals surface area contributed by atoms with E-state index in [-0.39, 0.29) is 23.3 Å². The van der Waals surface area contributed by atoms with Crippen molar-refractivity contribution in [2.45, 2.75) is 71.8 Å². The number of carbonyl (C=O) groups is 2. The predicted octanol–water partition coefficient (Wildman–Crippen LogP) is 3.21. The number of carboxylic acids is 1. The van der Waals surface area contributed by atoms with Gasteiger partial charge < -0.3 is 10.4 Å². The summed E-state index contributed by atoms with van der Waals surface area (Å²) in [5.41, 5.74) is 0.282. The molecule has 0 aliphatic heterocycles. The Kier molecular flexibility index (Phi) is 4.95. The van der Waals surface area contributed by atoms with E-state index in [4.69, 9.17) is 0 Å². The van der Waals surface area contributed by atoms with Crippen molar-refractivity contribution < 1.29 is 14.7 Å². The monoisotopic (exact) mass is 295 g/mol.